The summed E-state index contributed by atoms with van der Waals surface area (Å²) in [5, 5.41) is 16.8. The molecule has 23 heavy (non-hydrogen) atoms. The lowest BCUT2D eigenvalue weighted by atomic mass is 10.1. The van der Waals surface area contributed by atoms with Crippen LogP contribution in [0.5, 0.6) is 0 Å². The van der Waals surface area contributed by atoms with E-state index in [9.17, 15) is 0 Å². The zero-order valence-electron chi connectivity index (χ0n) is 12.4. The number of hydrogen-bond donors (Lipinski definition) is 1. The molecule has 0 amide bonds. The normalized spacial score (nSPS) is 11.7. The molecule has 3 rings (SSSR count). The molecule has 0 aliphatic heterocycles. The van der Waals surface area contributed by atoms with Gasteiger partial charge in [-0.1, -0.05) is 23.7 Å². The quantitative estimate of drug-likeness (QED) is 0.789. The van der Waals surface area contributed by atoms with Gasteiger partial charge in [-0.25, -0.2) is 9.67 Å². The molecule has 1 unspecified atom stereocenters. The van der Waals surface area contributed by atoms with Gasteiger partial charge in [0.25, 0.3) is 0 Å². The molecule has 0 saturated heterocycles. The van der Waals surface area contributed by atoms with Crippen LogP contribution >= 0.6 is 11.6 Å². The van der Waals surface area contributed by atoms with E-state index < -0.39 is 0 Å². The van der Waals surface area contributed by atoms with Gasteiger partial charge in [0.05, 0.1) is 10.7 Å². The molecule has 0 bridgehead atoms. The van der Waals surface area contributed by atoms with Gasteiger partial charge in [0.1, 0.15) is 11.9 Å². The summed E-state index contributed by atoms with van der Waals surface area (Å²) in [6, 6.07) is 15.4. The Labute approximate surface area is 139 Å². The maximum absolute atomic E-state index is 8.98. The van der Waals surface area contributed by atoms with Crippen LogP contribution in [-0.4, -0.2) is 14.8 Å². The Morgan fingerprint density at radius 3 is 2.65 bits per heavy atom. The Bertz CT molecular complexity index is 834. The van der Waals surface area contributed by atoms with Crippen molar-refractivity contribution in [3.05, 3.63) is 71.1 Å². The molecule has 0 aliphatic carbocycles. The molecule has 2 heterocycles. The zero-order valence-corrected chi connectivity index (χ0v) is 13.2. The van der Waals surface area contributed by atoms with Crippen LogP contribution in [0, 0.1) is 11.3 Å². The molecule has 0 saturated carbocycles. The van der Waals surface area contributed by atoms with E-state index >= 15 is 0 Å². The first-order valence-electron chi connectivity index (χ1n) is 7.10. The van der Waals surface area contributed by atoms with E-state index in [1.165, 1.54) is 0 Å². The van der Waals surface area contributed by atoms with Crippen LogP contribution in [0.1, 0.15) is 24.2 Å². The molecule has 6 heteroatoms. The summed E-state index contributed by atoms with van der Waals surface area (Å²) < 4.78 is 1.81. The Morgan fingerprint density at radius 1 is 1.22 bits per heavy atom. The Kier molecular flexibility index (Phi) is 4.26. The summed E-state index contributed by atoms with van der Waals surface area (Å²) in [6.07, 6.45) is 3.65. The highest BCUT2D eigenvalue weighted by molar-refractivity contribution is 6.31. The van der Waals surface area contributed by atoms with Crippen molar-refractivity contribution < 1.29 is 0 Å². The molecular weight excluding hydrogens is 310 g/mol. The summed E-state index contributed by atoms with van der Waals surface area (Å²) in [5.74, 6) is 0.620. The van der Waals surface area contributed by atoms with Crippen molar-refractivity contribution in [1.82, 2.24) is 14.8 Å². The third-order valence-corrected chi connectivity index (χ3v) is 3.78. The monoisotopic (exact) mass is 323 g/mol. The molecule has 1 atom stereocenters. The molecule has 0 fully saturated rings. The number of benzene rings is 1. The number of anilines is 1. The number of nitrogens with zero attached hydrogens (tertiary/aromatic N) is 4. The number of pyridine rings is 1. The van der Waals surface area contributed by atoms with E-state index in [0.717, 1.165) is 11.3 Å². The molecule has 0 spiro atoms. The lowest BCUT2D eigenvalue weighted by Gasteiger charge is -2.15. The van der Waals surface area contributed by atoms with Crippen LogP contribution in [-0.2, 0) is 0 Å². The predicted octanol–water partition coefficient (Wildman–Crippen LogP) is 3.97. The minimum atomic E-state index is 0.0434. The number of halogens is 1. The maximum atomic E-state index is 8.98. The van der Waals surface area contributed by atoms with E-state index in [1.54, 1.807) is 18.3 Å². The van der Waals surface area contributed by atoms with Crippen molar-refractivity contribution in [3.63, 3.8) is 0 Å². The van der Waals surface area contributed by atoms with Gasteiger partial charge in [0.15, 0.2) is 5.69 Å². The van der Waals surface area contributed by atoms with E-state index in [-0.39, 0.29) is 11.7 Å². The van der Waals surface area contributed by atoms with Crippen molar-refractivity contribution in [2.45, 2.75) is 13.0 Å². The van der Waals surface area contributed by atoms with Gasteiger partial charge in [-0.2, -0.15) is 10.4 Å². The van der Waals surface area contributed by atoms with Crippen molar-refractivity contribution in [3.8, 4) is 11.8 Å². The molecule has 2 aromatic heterocycles. The van der Waals surface area contributed by atoms with Crippen LogP contribution in [0.15, 0.2) is 54.9 Å². The van der Waals surface area contributed by atoms with Crippen LogP contribution in [0.25, 0.3) is 5.69 Å². The topological polar surface area (TPSA) is 66.5 Å². The fourth-order valence-corrected chi connectivity index (χ4v) is 2.39. The average molecular weight is 324 g/mol. The fourth-order valence-electron chi connectivity index (χ4n) is 2.24. The molecule has 0 radical (unpaired) electrons. The van der Waals surface area contributed by atoms with Crippen molar-refractivity contribution >= 4 is 17.4 Å². The minimum absolute atomic E-state index is 0.0434. The summed E-state index contributed by atoms with van der Waals surface area (Å²) in [6.45, 7) is 2.03. The van der Waals surface area contributed by atoms with Gasteiger partial charge in [-0.15, -0.1) is 0 Å². The molecular formula is C17H14ClN5. The Morgan fingerprint density at radius 2 is 2.00 bits per heavy atom. The first-order valence-corrected chi connectivity index (χ1v) is 7.48. The number of aromatic nitrogens is 3. The summed E-state index contributed by atoms with van der Waals surface area (Å²) >= 11 is 5.90. The number of rotatable bonds is 4. The SMILES string of the molecule is CC(Nc1ccc(Cl)c(C#N)n1)c1ccc(-n2cccn2)cc1. The third-order valence-electron chi connectivity index (χ3n) is 3.48. The fraction of sp³-hybridized carbons (Fsp3) is 0.118. The van der Waals surface area contributed by atoms with E-state index in [0.29, 0.717) is 10.8 Å². The van der Waals surface area contributed by atoms with Crippen molar-refractivity contribution in [2.24, 2.45) is 0 Å². The third kappa shape index (κ3) is 3.33. The Hall–Kier alpha value is -2.84. The van der Waals surface area contributed by atoms with Crippen LogP contribution in [0.3, 0.4) is 0 Å². The highest BCUT2D eigenvalue weighted by Crippen LogP contribution is 2.21. The largest absolute Gasteiger partial charge is 0.364 e. The summed E-state index contributed by atoms with van der Waals surface area (Å²) in [4.78, 5) is 4.20. The lowest BCUT2D eigenvalue weighted by molar-refractivity contribution is 0.858. The average Bonchev–Trinajstić information content (AvgIpc) is 3.11. The summed E-state index contributed by atoms with van der Waals surface area (Å²) in [7, 11) is 0. The highest BCUT2D eigenvalue weighted by Gasteiger charge is 2.09. The molecule has 1 aromatic carbocycles. The molecule has 5 nitrogen and oxygen atoms in total. The molecule has 0 aliphatic rings. The second-order valence-electron chi connectivity index (χ2n) is 5.05. The van der Waals surface area contributed by atoms with Crippen LogP contribution < -0.4 is 5.32 Å². The standard InChI is InChI=1S/C17H14ClN5/c1-12(21-17-8-7-15(18)16(11-19)22-17)13-3-5-14(6-4-13)23-10-2-9-20-23/h2-10,12H,1H3,(H,21,22). The molecule has 3 aromatic rings. The van der Waals surface area contributed by atoms with Gasteiger partial charge in [0.2, 0.25) is 0 Å². The predicted molar refractivity (Wildman–Crippen MR) is 89.6 cm³/mol. The number of nitriles is 1. The van der Waals surface area contributed by atoms with Crippen LogP contribution in [0.2, 0.25) is 5.02 Å². The van der Waals surface area contributed by atoms with Crippen molar-refractivity contribution in [2.75, 3.05) is 5.32 Å². The second kappa shape index (κ2) is 6.51. The molecule has 1 N–H and O–H groups in total. The highest BCUT2D eigenvalue weighted by atomic mass is 35.5. The van der Waals surface area contributed by atoms with E-state index in [4.69, 9.17) is 16.9 Å². The second-order valence-corrected chi connectivity index (χ2v) is 5.45. The zero-order chi connectivity index (χ0) is 16.2. The van der Waals surface area contributed by atoms with E-state index in [1.807, 2.05) is 54.2 Å². The van der Waals surface area contributed by atoms with Gasteiger partial charge >= 0.3 is 0 Å². The molecule has 114 valence electrons. The lowest BCUT2D eigenvalue weighted by Crippen LogP contribution is -2.08. The summed E-state index contributed by atoms with van der Waals surface area (Å²) in [5.41, 5.74) is 2.33. The maximum Gasteiger partial charge on any atom is 0.161 e. The smallest absolute Gasteiger partial charge is 0.161 e. The van der Waals surface area contributed by atoms with Gasteiger partial charge < -0.3 is 5.32 Å². The van der Waals surface area contributed by atoms with Gasteiger partial charge in [-0.05, 0) is 42.8 Å². The number of hydrogen-bond acceptors (Lipinski definition) is 4. The minimum Gasteiger partial charge on any atom is -0.364 e. The Balaban J connectivity index is 1.76. The van der Waals surface area contributed by atoms with Gasteiger partial charge in [-0.3, -0.25) is 0 Å². The van der Waals surface area contributed by atoms with Crippen LogP contribution in [0.4, 0.5) is 5.82 Å². The first-order chi connectivity index (χ1) is 11.2. The first kappa shape index (κ1) is 15.1. The van der Waals surface area contributed by atoms with E-state index in [2.05, 4.69) is 15.4 Å². The number of nitrogens with one attached hydrogen (secondary N) is 1. The van der Waals surface area contributed by atoms with Gasteiger partial charge in [0, 0.05) is 18.4 Å². The van der Waals surface area contributed by atoms with Crippen molar-refractivity contribution in [1.29, 1.82) is 5.26 Å².